The molecule has 1 heterocycles. The van der Waals surface area contributed by atoms with Crippen LogP contribution in [0.4, 0.5) is 10.5 Å². The van der Waals surface area contributed by atoms with Crippen molar-refractivity contribution in [1.82, 2.24) is 0 Å². The number of nitrogens with zero attached hydrogens (tertiary/aromatic N) is 1. The number of anilines is 1. The van der Waals surface area contributed by atoms with Crippen LogP contribution in [0.2, 0.25) is 0 Å². The molecule has 3 rings (SSSR count). The first-order valence-electron chi connectivity index (χ1n) is 8.30. The second-order valence-electron chi connectivity index (χ2n) is 5.53. The summed E-state index contributed by atoms with van der Waals surface area (Å²) in [6, 6.07) is 12.2. The molecule has 140 valence electrons. The van der Waals surface area contributed by atoms with Gasteiger partial charge in [0.15, 0.2) is 11.5 Å². The minimum atomic E-state index is -0.376. The van der Waals surface area contributed by atoms with Gasteiger partial charge in [-0.25, -0.2) is 4.90 Å². The minimum absolute atomic E-state index is 0.320. The Morgan fingerprint density at radius 2 is 1.78 bits per heavy atom. The summed E-state index contributed by atoms with van der Waals surface area (Å²) in [5, 5.41) is -0.350. The Bertz CT molecular complexity index is 892. The van der Waals surface area contributed by atoms with Crippen molar-refractivity contribution in [3.8, 4) is 17.2 Å². The zero-order valence-corrected chi connectivity index (χ0v) is 16.0. The summed E-state index contributed by atoms with van der Waals surface area (Å²) in [4.78, 5) is 26.7. The molecule has 0 aliphatic carbocycles. The predicted octanol–water partition coefficient (Wildman–Crippen LogP) is 4.34. The van der Waals surface area contributed by atoms with Gasteiger partial charge in [0.2, 0.25) is 0 Å². The third-order valence-electron chi connectivity index (χ3n) is 3.92. The summed E-state index contributed by atoms with van der Waals surface area (Å²) in [5.74, 6) is 1.37. The van der Waals surface area contributed by atoms with Gasteiger partial charge in [-0.15, -0.1) is 0 Å². The molecule has 1 aliphatic rings. The Labute approximate surface area is 161 Å². The van der Waals surface area contributed by atoms with Crippen LogP contribution in [0, 0.1) is 0 Å². The average molecular weight is 385 g/mol. The third kappa shape index (κ3) is 3.78. The van der Waals surface area contributed by atoms with E-state index in [4.69, 9.17) is 14.2 Å². The lowest BCUT2D eigenvalue weighted by atomic mass is 10.1. The van der Waals surface area contributed by atoms with Gasteiger partial charge in [0.05, 0.1) is 31.4 Å². The Balaban J connectivity index is 1.91. The van der Waals surface area contributed by atoms with Crippen LogP contribution >= 0.6 is 11.8 Å². The highest BCUT2D eigenvalue weighted by atomic mass is 32.2. The van der Waals surface area contributed by atoms with Gasteiger partial charge < -0.3 is 14.2 Å². The molecule has 7 heteroatoms. The lowest BCUT2D eigenvalue weighted by Gasteiger charge is -2.13. The molecule has 0 unspecified atom stereocenters. The van der Waals surface area contributed by atoms with E-state index in [9.17, 15) is 9.59 Å². The van der Waals surface area contributed by atoms with E-state index in [1.807, 2.05) is 6.92 Å². The molecule has 2 aromatic carbocycles. The van der Waals surface area contributed by atoms with Gasteiger partial charge in [0, 0.05) is 5.56 Å². The fourth-order valence-corrected chi connectivity index (χ4v) is 3.55. The molecule has 0 saturated carbocycles. The lowest BCUT2D eigenvalue weighted by molar-refractivity contribution is -0.113. The Morgan fingerprint density at radius 3 is 2.41 bits per heavy atom. The summed E-state index contributed by atoms with van der Waals surface area (Å²) in [6.07, 6.45) is 1.64. The summed E-state index contributed by atoms with van der Waals surface area (Å²) in [7, 11) is 3.07. The van der Waals surface area contributed by atoms with Gasteiger partial charge >= 0.3 is 0 Å². The summed E-state index contributed by atoms with van der Waals surface area (Å²) >= 11 is 0.889. The monoisotopic (exact) mass is 385 g/mol. The number of benzene rings is 2. The highest BCUT2D eigenvalue weighted by Crippen LogP contribution is 2.39. The fourth-order valence-electron chi connectivity index (χ4n) is 2.72. The number of hydrogen-bond acceptors (Lipinski definition) is 6. The van der Waals surface area contributed by atoms with Crippen molar-refractivity contribution in [2.45, 2.75) is 6.92 Å². The SMILES string of the molecule is CCOc1ccc(N2C(=O)SC(=Cc3cccc(OC)c3OC)C2=O)cc1. The van der Waals surface area contributed by atoms with Crippen molar-refractivity contribution in [2.75, 3.05) is 25.7 Å². The maximum Gasteiger partial charge on any atom is 0.298 e. The third-order valence-corrected chi connectivity index (χ3v) is 4.79. The largest absolute Gasteiger partial charge is 0.494 e. The minimum Gasteiger partial charge on any atom is -0.494 e. The molecule has 0 atom stereocenters. The summed E-state index contributed by atoms with van der Waals surface area (Å²) in [6.45, 7) is 2.44. The molecule has 2 aromatic rings. The number of carbonyl (C=O) groups excluding carboxylic acids is 2. The van der Waals surface area contributed by atoms with Gasteiger partial charge in [-0.05, 0) is 55.1 Å². The zero-order valence-electron chi connectivity index (χ0n) is 15.2. The Morgan fingerprint density at radius 1 is 1.04 bits per heavy atom. The van der Waals surface area contributed by atoms with E-state index in [1.54, 1.807) is 55.7 Å². The normalized spacial score (nSPS) is 15.4. The number of hydrogen-bond donors (Lipinski definition) is 0. The Kier molecular flexibility index (Phi) is 5.71. The van der Waals surface area contributed by atoms with Crippen molar-refractivity contribution in [3.63, 3.8) is 0 Å². The molecule has 0 bridgehead atoms. The molecule has 0 aromatic heterocycles. The zero-order chi connectivity index (χ0) is 19.4. The van der Waals surface area contributed by atoms with Crippen LogP contribution in [0.1, 0.15) is 12.5 Å². The van der Waals surface area contributed by atoms with Crippen molar-refractivity contribution in [3.05, 3.63) is 52.9 Å². The molecule has 1 aliphatic heterocycles. The van der Waals surface area contributed by atoms with Gasteiger partial charge in [0.25, 0.3) is 11.1 Å². The molecular formula is C20H19NO5S. The molecule has 0 radical (unpaired) electrons. The number of rotatable bonds is 6. The second kappa shape index (κ2) is 8.18. The molecular weight excluding hydrogens is 366 g/mol. The van der Waals surface area contributed by atoms with Crippen molar-refractivity contribution in [2.24, 2.45) is 0 Å². The highest BCUT2D eigenvalue weighted by Gasteiger charge is 2.36. The van der Waals surface area contributed by atoms with Crippen molar-refractivity contribution < 1.29 is 23.8 Å². The molecule has 0 spiro atoms. The molecule has 1 fully saturated rings. The van der Waals surface area contributed by atoms with Crippen LogP contribution < -0.4 is 19.1 Å². The fraction of sp³-hybridized carbons (Fsp3) is 0.200. The van der Waals surface area contributed by atoms with Gasteiger partial charge in [-0.1, -0.05) is 12.1 Å². The number of ether oxygens (including phenoxy) is 3. The van der Waals surface area contributed by atoms with Crippen molar-refractivity contribution in [1.29, 1.82) is 0 Å². The van der Waals surface area contributed by atoms with E-state index in [1.165, 1.54) is 7.11 Å². The molecule has 2 amide bonds. The van der Waals surface area contributed by atoms with E-state index in [0.717, 1.165) is 16.7 Å². The van der Waals surface area contributed by atoms with Gasteiger partial charge in [-0.2, -0.15) is 0 Å². The molecule has 27 heavy (non-hydrogen) atoms. The number of carbonyl (C=O) groups is 2. The molecule has 0 N–H and O–H groups in total. The van der Waals surface area contributed by atoms with Gasteiger partial charge in [-0.3, -0.25) is 9.59 Å². The smallest absolute Gasteiger partial charge is 0.298 e. The number of thioether (sulfide) groups is 1. The molecule has 6 nitrogen and oxygen atoms in total. The first-order valence-corrected chi connectivity index (χ1v) is 9.12. The van der Waals surface area contributed by atoms with Crippen LogP contribution in [0.15, 0.2) is 47.4 Å². The van der Waals surface area contributed by atoms with Crippen LogP contribution in [0.3, 0.4) is 0 Å². The topological polar surface area (TPSA) is 65.1 Å². The molecule has 1 saturated heterocycles. The highest BCUT2D eigenvalue weighted by molar-refractivity contribution is 8.19. The predicted molar refractivity (Wildman–Crippen MR) is 106 cm³/mol. The van der Waals surface area contributed by atoms with Crippen LogP contribution in [-0.2, 0) is 4.79 Å². The van der Waals surface area contributed by atoms with E-state index in [-0.39, 0.29) is 11.1 Å². The quantitative estimate of drug-likeness (QED) is 0.689. The average Bonchev–Trinajstić information content (AvgIpc) is 2.96. The maximum atomic E-state index is 12.8. The first kappa shape index (κ1) is 18.8. The second-order valence-corrected chi connectivity index (χ2v) is 6.52. The number of amides is 2. The van der Waals surface area contributed by atoms with E-state index in [2.05, 4.69) is 0 Å². The number of para-hydroxylation sites is 1. The van der Waals surface area contributed by atoms with E-state index in [0.29, 0.717) is 40.0 Å². The number of imide groups is 1. The van der Waals surface area contributed by atoms with Crippen LogP contribution in [0.25, 0.3) is 6.08 Å². The lowest BCUT2D eigenvalue weighted by Crippen LogP contribution is -2.27. The van der Waals surface area contributed by atoms with Crippen molar-refractivity contribution >= 4 is 34.7 Å². The van der Waals surface area contributed by atoms with Gasteiger partial charge in [0.1, 0.15) is 5.75 Å². The van der Waals surface area contributed by atoms with E-state index < -0.39 is 0 Å². The van der Waals surface area contributed by atoms with Crippen LogP contribution in [0.5, 0.6) is 17.2 Å². The summed E-state index contributed by atoms with van der Waals surface area (Å²) in [5.41, 5.74) is 1.16. The van der Waals surface area contributed by atoms with E-state index >= 15 is 0 Å². The number of methoxy groups -OCH3 is 2. The Hall–Kier alpha value is -2.93. The first-order chi connectivity index (χ1) is 13.1. The van der Waals surface area contributed by atoms with Crippen LogP contribution in [-0.4, -0.2) is 32.0 Å². The summed E-state index contributed by atoms with van der Waals surface area (Å²) < 4.78 is 16.1. The maximum absolute atomic E-state index is 12.8. The standard InChI is InChI=1S/C20H19NO5S/c1-4-26-15-10-8-14(9-11-15)21-19(22)17(27-20(21)23)12-13-6-5-7-16(24-2)18(13)25-3/h5-12H,4H2,1-3H3.